The van der Waals surface area contributed by atoms with Gasteiger partial charge in [0.2, 0.25) is 11.8 Å². The molecule has 1 aliphatic rings. The van der Waals surface area contributed by atoms with Crippen LogP contribution in [0.5, 0.6) is 0 Å². The summed E-state index contributed by atoms with van der Waals surface area (Å²) in [7, 11) is 0. The summed E-state index contributed by atoms with van der Waals surface area (Å²) in [4.78, 5) is 23.5. The number of nitrogens with one attached hydrogen (secondary N) is 3. The van der Waals surface area contributed by atoms with Gasteiger partial charge < -0.3 is 16.0 Å². The second-order valence-electron chi connectivity index (χ2n) is 4.88. The first-order chi connectivity index (χ1) is 9.56. The summed E-state index contributed by atoms with van der Waals surface area (Å²) >= 11 is 3.41. The predicted molar refractivity (Wildman–Crippen MR) is 81.5 cm³/mol. The lowest BCUT2D eigenvalue weighted by Gasteiger charge is -2.11. The van der Waals surface area contributed by atoms with Crippen molar-refractivity contribution >= 4 is 33.4 Å². The van der Waals surface area contributed by atoms with Crippen LogP contribution in [0.3, 0.4) is 0 Å². The Kier molecular flexibility index (Phi) is 5.14. The molecule has 2 amide bonds. The number of carbonyl (C=O) groups is 2. The maximum absolute atomic E-state index is 11.8. The normalized spacial score (nSPS) is 17.8. The number of rotatable bonds is 4. The Bertz CT molecular complexity index is 513. The molecular formula is C14H18BrN3O2. The molecule has 1 aromatic rings. The molecule has 0 aliphatic carbocycles. The van der Waals surface area contributed by atoms with Crippen LogP contribution in [0.1, 0.15) is 18.4 Å². The van der Waals surface area contributed by atoms with Crippen molar-refractivity contribution in [2.45, 2.75) is 25.8 Å². The SMILES string of the molecule is Cc1cc(NC(=O)CNC(=O)C2CCCN2)ccc1Br. The van der Waals surface area contributed by atoms with E-state index < -0.39 is 0 Å². The van der Waals surface area contributed by atoms with Crippen molar-refractivity contribution in [3.63, 3.8) is 0 Å². The second kappa shape index (κ2) is 6.85. The first-order valence-electron chi connectivity index (χ1n) is 6.63. The highest BCUT2D eigenvalue weighted by atomic mass is 79.9. The molecule has 20 heavy (non-hydrogen) atoms. The molecule has 1 heterocycles. The van der Waals surface area contributed by atoms with Crippen molar-refractivity contribution in [3.8, 4) is 0 Å². The number of aryl methyl sites for hydroxylation is 1. The van der Waals surface area contributed by atoms with Crippen molar-refractivity contribution in [1.29, 1.82) is 0 Å². The van der Waals surface area contributed by atoms with Gasteiger partial charge in [0.1, 0.15) is 0 Å². The van der Waals surface area contributed by atoms with Crippen LogP contribution < -0.4 is 16.0 Å². The van der Waals surface area contributed by atoms with E-state index in [1.54, 1.807) is 0 Å². The molecule has 1 atom stereocenters. The van der Waals surface area contributed by atoms with Gasteiger partial charge in [0, 0.05) is 10.2 Å². The third-order valence-electron chi connectivity index (χ3n) is 3.24. The number of hydrogen-bond donors (Lipinski definition) is 3. The summed E-state index contributed by atoms with van der Waals surface area (Å²) in [5.41, 5.74) is 1.77. The van der Waals surface area contributed by atoms with Crippen molar-refractivity contribution < 1.29 is 9.59 Å². The third-order valence-corrected chi connectivity index (χ3v) is 4.13. The van der Waals surface area contributed by atoms with Crippen LogP contribution in [0, 0.1) is 6.92 Å². The summed E-state index contributed by atoms with van der Waals surface area (Å²) in [6.45, 7) is 2.81. The highest BCUT2D eigenvalue weighted by Crippen LogP contribution is 2.19. The average Bonchev–Trinajstić information content (AvgIpc) is 2.94. The maximum Gasteiger partial charge on any atom is 0.243 e. The van der Waals surface area contributed by atoms with Crippen molar-refractivity contribution in [2.24, 2.45) is 0 Å². The quantitative estimate of drug-likeness (QED) is 0.779. The fraction of sp³-hybridized carbons (Fsp3) is 0.429. The fourth-order valence-electron chi connectivity index (χ4n) is 2.13. The number of halogens is 1. The van der Waals surface area contributed by atoms with Gasteiger partial charge in [-0.05, 0) is 50.1 Å². The van der Waals surface area contributed by atoms with Gasteiger partial charge in [0.05, 0.1) is 12.6 Å². The fourth-order valence-corrected chi connectivity index (χ4v) is 2.37. The molecule has 3 N–H and O–H groups in total. The van der Waals surface area contributed by atoms with Crippen molar-refractivity contribution in [1.82, 2.24) is 10.6 Å². The number of benzene rings is 1. The highest BCUT2D eigenvalue weighted by molar-refractivity contribution is 9.10. The third kappa shape index (κ3) is 4.05. The zero-order valence-corrected chi connectivity index (χ0v) is 12.9. The molecule has 0 saturated carbocycles. The topological polar surface area (TPSA) is 70.2 Å². The maximum atomic E-state index is 11.8. The molecule has 1 aliphatic heterocycles. The van der Waals surface area contributed by atoms with Gasteiger partial charge in [-0.15, -0.1) is 0 Å². The molecule has 1 unspecified atom stereocenters. The van der Waals surface area contributed by atoms with Crippen LogP contribution in [0.15, 0.2) is 22.7 Å². The minimum atomic E-state index is -0.224. The summed E-state index contributed by atoms with van der Waals surface area (Å²) in [5, 5.41) is 8.50. The average molecular weight is 340 g/mol. The standard InChI is InChI=1S/C14H18BrN3O2/c1-9-7-10(4-5-11(9)15)18-13(19)8-17-14(20)12-3-2-6-16-12/h4-5,7,12,16H,2-3,6,8H2,1H3,(H,17,20)(H,18,19). The Morgan fingerprint density at radius 1 is 1.45 bits per heavy atom. The first-order valence-corrected chi connectivity index (χ1v) is 7.42. The van der Waals surface area contributed by atoms with E-state index in [-0.39, 0.29) is 24.4 Å². The summed E-state index contributed by atoms with van der Waals surface area (Å²) in [6, 6.07) is 5.42. The van der Waals surface area contributed by atoms with E-state index in [1.807, 2.05) is 25.1 Å². The molecule has 5 nitrogen and oxygen atoms in total. The van der Waals surface area contributed by atoms with E-state index in [0.29, 0.717) is 0 Å². The summed E-state index contributed by atoms with van der Waals surface area (Å²) < 4.78 is 0.996. The van der Waals surface area contributed by atoms with E-state index in [4.69, 9.17) is 0 Å². The molecular weight excluding hydrogens is 322 g/mol. The van der Waals surface area contributed by atoms with E-state index in [9.17, 15) is 9.59 Å². The molecule has 0 bridgehead atoms. The van der Waals surface area contributed by atoms with Gasteiger partial charge in [-0.1, -0.05) is 15.9 Å². The van der Waals surface area contributed by atoms with Crippen molar-refractivity contribution in [2.75, 3.05) is 18.4 Å². The van der Waals surface area contributed by atoms with E-state index >= 15 is 0 Å². The van der Waals surface area contributed by atoms with Gasteiger partial charge in [0.25, 0.3) is 0 Å². The zero-order valence-electron chi connectivity index (χ0n) is 11.3. The molecule has 1 aromatic carbocycles. The second-order valence-corrected chi connectivity index (χ2v) is 5.73. The van der Waals surface area contributed by atoms with Gasteiger partial charge in [-0.3, -0.25) is 9.59 Å². The number of hydrogen-bond acceptors (Lipinski definition) is 3. The molecule has 0 aromatic heterocycles. The molecule has 2 rings (SSSR count). The smallest absolute Gasteiger partial charge is 0.243 e. The zero-order chi connectivity index (χ0) is 14.5. The predicted octanol–water partition coefficient (Wildman–Crippen LogP) is 1.56. The van der Waals surface area contributed by atoms with Gasteiger partial charge in [-0.25, -0.2) is 0 Å². The van der Waals surface area contributed by atoms with Crippen LogP contribution in [0.25, 0.3) is 0 Å². The Morgan fingerprint density at radius 2 is 2.25 bits per heavy atom. The number of amides is 2. The molecule has 1 saturated heterocycles. The van der Waals surface area contributed by atoms with Gasteiger partial charge >= 0.3 is 0 Å². The molecule has 6 heteroatoms. The monoisotopic (exact) mass is 339 g/mol. The minimum absolute atomic E-state index is 0.00781. The molecule has 108 valence electrons. The van der Waals surface area contributed by atoms with E-state index in [1.165, 1.54) is 0 Å². The minimum Gasteiger partial charge on any atom is -0.346 e. The van der Waals surface area contributed by atoms with Gasteiger partial charge in [0.15, 0.2) is 0 Å². The number of carbonyl (C=O) groups excluding carboxylic acids is 2. The van der Waals surface area contributed by atoms with Crippen molar-refractivity contribution in [3.05, 3.63) is 28.2 Å². The van der Waals surface area contributed by atoms with Crippen LogP contribution in [-0.2, 0) is 9.59 Å². The van der Waals surface area contributed by atoms with Crippen LogP contribution in [0.2, 0.25) is 0 Å². The molecule has 0 spiro atoms. The van der Waals surface area contributed by atoms with E-state index in [2.05, 4.69) is 31.9 Å². The largest absolute Gasteiger partial charge is 0.346 e. The Balaban J connectivity index is 1.80. The lowest BCUT2D eigenvalue weighted by atomic mass is 10.2. The Hall–Kier alpha value is -1.40. The van der Waals surface area contributed by atoms with Crippen LogP contribution in [-0.4, -0.2) is 30.9 Å². The Labute approximate surface area is 126 Å². The van der Waals surface area contributed by atoms with Gasteiger partial charge in [-0.2, -0.15) is 0 Å². The lowest BCUT2D eigenvalue weighted by Crippen LogP contribution is -2.43. The molecule has 1 fully saturated rings. The lowest BCUT2D eigenvalue weighted by molar-refractivity contribution is -0.125. The number of anilines is 1. The van der Waals surface area contributed by atoms with E-state index in [0.717, 1.165) is 35.1 Å². The molecule has 0 radical (unpaired) electrons. The Morgan fingerprint density at radius 3 is 2.90 bits per heavy atom. The van der Waals surface area contributed by atoms with Crippen LogP contribution in [0.4, 0.5) is 5.69 Å². The summed E-state index contributed by atoms with van der Waals surface area (Å²) in [6.07, 6.45) is 1.84. The highest BCUT2D eigenvalue weighted by Gasteiger charge is 2.21. The first kappa shape index (κ1) is 15.0. The summed E-state index contributed by atoms with van der Waals surface area (Å²) in [5.74, 6) is -0.331. The van der Waals surface area contributed by atoms with Crippen LogP contribution >= 0.6 is 15.9 Å².